The van der Waals surface area contributed by atoms with Crippen molar-refractivity contribution in [1.29, 1.82) is 0 Å². The van der Waals surface area contributed by atoms with Crippen LogP contribution in [0.5, 0.6) is 0 Å². The Labute approximate surface area is 293 Å². The number of benzene rings is 9. The minimum Gasteiger partial charge on any atom is -0.455 e. The van der Waals surface area contributed by atoms with Crippen LogP contribution < -0.4 is 0 Å². The quantitative estimate of drug-likeness (QED) is 0.179. The molecule has 0 bridgehead atoms. The summed E-state index contributed by atoms with van der Waals surface area (Å²) < 4.78 is 6.96. The SMILES string of the molecule is c1ccc(-c2nc(-c3c4ccccc4c(-c4cc5ccccc5c5c4oc4ccc6ccccc6c45)c4ccccc34)nc3ccccc23)cc1. The highest BCUT2D eigenvalue weighted by Crippen LogP contribution is 2.49. The van der Waals surface area contributed by atoms with E-state index in [0.717, 1.165) is 82.3 Å². The van der Waals surface area contributed by atoms with Crippen LogP contribution in [-0.4, -0.2) is 9.97 Å². The summed E-state index contributed by atoms with van der Waals surface area (Å²) in [5.74, 6) is 0.713. The van der Waals surface area contributed by atoms with E-state index < -0.39 is 0 Å². The molecule has 0 aliphatic carbocycles. The van der Waals surface area contributed by atoms with E-state index in [0.29, 0.717) is 5.82 Å². The van der Waals surface area contributed by atoms with Crippen molar-refractivity contribution < 1.29 is 4.42 Å². The van der Waals surface area contributed by atoms with E-state index in [4.69, 9.17) is 14.4 Å². The Balaban J connectivity index is 1.30. The van der Waals surface area contributed by atoms with Gasteiger partial charge in [-0.15, -0.1) is 0 Å². The molecule has 11 aromatic rings. The predicted octanol–water partition coefficient (Wildman–Crippen LogP) is 13.1. The van der Waals surface area contributed by atoms with Crippen LogP contribution >= 0.6 is 0 Å². The van der Waals surface area contributed by atoms with Gasteiger partial charge in [0.2, 0.25) is 0 Å². The molecule has 3 heteroatoms. The molecule has 3 nitrogen and oxygen atoms in total. The van der Waals surface area contributed by atoms with Gasteiger partial charge in [0.1, 0.15) is 11.2 Å². The van der Waals surface area contributed by atoms with Gasteiger partial charge in [-0.25, -0.2) is 9.97 Å². The molecule has 0 fully saturated rings. The summed E-state index contributed by atoms with van der Waals surface area (Å²) in [6.45, 7) is 0. The largest absolute Gasteiger partial charge is 0.455 e. The molecule has 2 aromatic heterocycles. The lowest BCUT2D eigenvalue weighted by Crippen LogP contribution is -1.98. The predicted molar refractivity (Wildman–Crippen MR) is 213 cm³/mol. The van der Waals surface area contributed by atoms with Crippen LogP contribution in [0, 0.1) is 0 Å². The molecule has 0 unspecified atom stereocenters. The van der Waals surface area contributed by atoms with Crippen molar-refractivity contribution in [2.45, 2.75) is 0 Å². The lowest BCUT2D eigenvalue weighted by atomic mass is 9.86. The molecule has 0 aliphatic heterocycles. The van der Waals surface area contributed by atoms with E-state index in [1.807, 2.05) is 6.07 Å². The fourth-order valence-corrected chi connectivity index (χ4v) is 8.24. The maximum atomic E-state index is 6.96. The normalized spacial score (nSPS) is 11.9. The number of fused-ring (bicyclic) bond motifs is 10. The molecule has 0 amide bonds. The van der Waals surface area contributed by atoms with Gasteiger partial charge in [0.15, 0.2) is 5.82 Å². The van der Waals surface area contributed by atoms with Crippen LogP contribution in [0.2, 0.25) is 0 Å². The minimum atomic E-state index is 0.713. The van der Waals surface area contributed by atoms with Crippen LogP contribution in [0.15, 0.2) is 174 Å². The van der Waals surface area contributed by atoms with Crippen molar-refractivity contribution in [3.05, 3.63) is 170 Å². The first kappa shape index (κ1) is 28.0. The van der Waals surface area contributed by atoms with Crippen molar-refractivity contribution in [3.63, 3.8) is 0 Å². The topological polar surface area (TPSA) is 38.9 Å². The Bertz CT molecular complexity index is 3140. The lowest BCUT2D eigenvalue weighted by molar-refractivity contribution is 0.670. The third kappa shape index (κ3) is 4.12. The second-order valence-electron chi connectivity index (χ2n) is 13.2. The highest BCUT2D eigenvalue weighted by molar-refractivity contribution is 6.31. The second-order valence-corrected chi connectivity index (χ2v) is 13.2. The molecule has 11 rings (SSSR count). The zero-order valence-corrected chi connectivity index (χ0v) is 27.5. The Morgan fingerprint density at radius 2 is 0.941 bits per heavy atom. The van der Waals surface area contributed by atoms with Gasteiger partial charge in [-0.1, -0.05) is 152 Å². The number of hydrogen-bond donors (Lipinski definition) is 0. The summed E-state index contributed by atoms with van der Waals surface area (Å²) in [6.07, 6.45) is 0. The van der Waals surface area contributed by atoms with Crippen molar-refractivity contribution in [2.75, 3.05) is 0 Å². The number of nitrogens with zero attached hydrogens (tertiary/aromatic N) is 2. The molecule has 51 heavy (non-hydrogen) atoms. The molecule has 0 N–H and O–H groups in total. The van der Waals surface area contributed by atoms with Crippen LogP contribution in [0.3, 0.4) is 0 Å². The van der Waals surface area contributed by atoms with Gasteiger partial charge < -0.3 is 4.42 Å². The van der Waals surface area contributed by atoms with Crippen molar-refractivity contribution >= 4 is 75.9 Å². The van der Waals surface area contributed by atoms with E-state index in [2.05, 4.69) is 164 Å². The van der Waals surface area contributed by atoms with Crippen molar-refractivity contribution in [3.8, 4) is 33.8 Å². The third-order valence-electron chi connectivity index (χ3n) is 10.4. The summed E-state index contributed by atoms with van der Waals surface area (Å²) in [4.78, 5) is 10.6. The monoisotopic (exact) mass is 648 g/mol. The molecule has 0 saturated carbocycles. The average Bonchev–Trinajstić information content (AvgIpc) is 3.60. The van der Waals surface area contributed by atoms with E-state index in [9.17, 15) is 0 Å². The fraction of sp³-hybridized carbons (Fsp3) is 0. The molecule has 0 aliphatic rings. The van der Waals surface area contributed by atoms with E-state index in [1.165, 1.54) is 21.5 Å². The van der Waals surface area contributed by atoms with Crippen LogP contribution in [-0.2, 0) is 0 Å². The molecule has 0 atom stereocenters. The number of furan rings is 1. The molecular formula is C48H28N2O. The maximum Gasteiger partial charge on any atom is 0.161 e. The first-order valence-electron chi connectivity index (χ1n) is 17.3. The third-order valence-corrected chi connectivity index (χ3v) is 10.4. The van der Waals surface area contributed by atoms with Gasteiger partial charge in [-0.2, -0.15) is 0 Å². The number of para-hydroxylation sites is 1. The highest BCUT2D eigenvalue weighted by Gasteiger charge is 2.24. The second kappa shape index (κ2) is 10.8. The molecule has 0 radical (unpaired) electrons. The molecule has 236 valence electrons. The van der Waals surface area contributed by atoms with Crippen LogP contribution in [0.1, 0.15) is 0 Å². The Morgan fingerprint density at radius 3 is 1.65 bits per heavy atom. The van der Waals surface area contributed by atoms with E-state index >= 15 is 0 Å². The van der Waals surface area contributed by atoms with Gasteiger partial charge >= 0.3 is 0 Å². The lowest BCUT2D eigenvalue weighted by Gasteiger charge is -2.18. The van der Waals surface area contributed by atoms with Crippen molar-refractivity contribution in [1.82, 2.24) is 9.97 Å². The summed E-state index contributed by atoms with van der Waals surface area (Å²) in [7, 11) is 0. The van der Waals surface area contributed by atoms with Gasteiger partial charge in [0, 0.05) is 38.4 Å². The van der Waals surface area contributed by atoms with E-state index in [-0.39, 0.29) is 0 Å². The number of aromatic nitrogens is 2. The molecule has 9 aromatic carbocycles. The summed E-state index contributed by atoms with van der Waals surface area (Å²) in [5.41, 5.74) is 7.96. The number of hydrogen-bond acceptors (Lipinski definition) is 3. The summed E-state index contributed by atoms with van der Waals surface area (Å²) >= 11 is 0. The van der Waals surface area contributed by atoms with Crippen LogP contribution in [0.25, 0.3) is 110 Å². The standard InChI is InChI=1S/C48H28N2O/c1-2-15-30(16-3-1)46-38-24-12-13-25-40(38)49-48(50-46)43-36-22-10-8-20-34(36)42(35-21-9-11-23-37(35)43)39-28-31-17-5-7-19-33(31)45-44-32-18-6-4-14-29(32)26-27-41(44)51-47(39)45/h1-28H. The fourth-order valence-electron chi connectivity index (χ4n) is 8.24. The molecule has 0 saturated heterocycles. The molecule has 2 heterocycles. The minimum absolute atomic E-state index is 0.713. The van der Waals surface area contributed by atoms with Gasteiger partial charge in [0.05, 0.1) is 11.2 Å². The Morgan fingerprint density at radius 1 is 0.392 bits per heavy atom. The van der Waals surface area contributed by atoms with Crippen LogP contribution in [0.4, 0.5) is 0 Å². The number of rotatable bonds is 3. The van der Waals surface area contributed by atoms with Gasteiger partial charge in [-0.05, 0) is 61.3 Å². The zero-order chi connectivity index (χ0) is 33.5. The van der Waals surface area contributed by atoms with E-state index in [1.54, 1.807) is 0 Å². The molecular weight excluding hydrogens is 621 g/mol. The first-order valence-corrected chi connectivity index (χ1v) is 17.3. The highest BCUT2D eigenvalue weighted by atomic mass is 16.3. The first-order chi connectivity index (χ1) is 25.3. The van der Waals surface area contributed by atoms with Crippen molar-refractivity contribution in [2.24, 2.45) is 0 Å². The van der Waals surface area contributed by atoms with Gasteiger partial charge in [-0.3, -0.25) is 0 Å². The maximum absolute atomic E-state index is 6.96. The zero-order valence-electron chi connectivity index (χ0n) is 27.5. The molecule has 0 spiro atoms. The van der Waals surface area contributed by atoms with Gasteiger partial charge in [0.25, 0.3) is 0 Å². The summed E-state index contributed by atoms with van der Waals surface area (Å²) in [6, 6.07) is 60.0. The Hall–Kier alpha value is -6.84. The Kier molecular flexibility index (Phi) is 5.96. The average molecular weight is 649 g/mol. The summed E-state index contributed by atoms with van der Waals surface area (Å²) in [5, 5.41) is 12.6. The smallest absolute Gasteiger partial charge is 0.161 e.